The predicted molar refractivity (Wildman–Crippen MR) is 76.1 cm³/mol. The average molecular weight is 286 g/mol. The summed E-state index contributed by atoms with van der Waals surface area (Å²) >= 11 is 0. The predicted octanol–water partition coefficient (Wildman–Crippen LogP) is 1.15. The summed E-state index contributed by atoms with van der Waals surface area (Å²) in [7, 11) is 0. The molecule has 0 aliphatic carbocycles. The Labute approximate surface area is 120 Å². The maximum Gasteiger partial charge on any atom is 0.305 e. The maximum atomic E-state index is 11.7. The molecule has 3 N–H and O–H groups in total. The van der Waals surface area contributed by atoms with Crippen LogP contribution >= 0.6 is 0 Å². The number of hydrogen-bond acceptors (Lipinski definition) is 3. The zero-order chi connectivity index (χ0) is 15.9. The van der Waals surface area contributed by atoms with Gasteiger partial charge in [-0.25, -0.2) is 0 Å². The van der Waals surface area contributed by atoms with Crippen LogP contribution in [-0.4, -0.2) is 35.5 Å². The van der Waals surface area contributed by atoms with E-state index in [1.54, 1.807) is 20.8 Å². The molecule has 0 radical (unpaired) electrons. The molecule has 116 valence electrons. The molecule has 0 saturated carbocycles. The third kappa shape index (κ3) is 7.76. The van der Waals surface area contributed by atoms with Crippen LogP contribution in [-0.2, 0) is 14.4 Å². The van der Waals surface area contributed by atoms with E-state index in [1.807, 2.05) is 13.8 Å². The fraction of sp³-hybridized carbons (Fsp3) is 0.786. The number of aliphatic carboxylic acids is 1. The van der Waals surface area contributed by atoms with Gasteiger partial charge in [-0.1, -0.05) is 34.6 Å². The summed E-state index contributed by atoms with van der Waals surface area (Å²) in [4.78, 5) is 34.0. The van der Waals surface area contributed by atoms with Crippen LogP contribution in [0.4, 0.5) is 0 Å². The summed E-state index contributed by atoms with van der Waals surface area (Å²) in [5.74, 6) is -1.26. The van der Waals surface area contributed by atoms with E-state index in [2.05, 4.69) is 10.6 Å². The molecule has 0 heterocycles. The lowest BCUT2D eigenvalue weighted by molar-refractivity contribution is -0.138. The third-order valence-electron chi connectivity index (χ3n) is 2.86. The molecule has 0 fully saturated rings. The topological polar surface area (TPSA) is 95.5 Å². The molecule has 0 saturated heterocycles. The standard InChI is InChI=1S/C14H26N2O4/c1-9(2)10(8-12(18)19)16-11(17)6-7-15-13(20)14(3,4)5/h9-10H,6-8H2,1-5H3,(H,15,20)(H,16,17)(H,18,19). The number of nitrogens with one attached hydrogen (secondary N) is 2. The molecule has 6 nitrogen and oxygen atoms in total. The molecule has 0 aliphatic heterocycles. The minimum Gasteiger partial charge on any atom is -0.481 e. The Hall–Kier alpha value is -1.59. The average Bonchev–Trinajstić information content (AvgIpc) is 2.25. The van der Waals surface area contributed by atoms with Gasteiger partial charge in [0.2, 0.25) is 11.8 Å². The molecule has 0 aliphatic rings. The number of hydrogen-bond donors (Lipinski definition) is 3. The van der Waals surface area contributed by atoms with Crippen LogP contribution in [0.25, 0.3) is 0 Å². The number of carbonyl (C=O) groups excluding carboxylic acids is 2. The number of amides is 2. The van der Waals surface area contributed by atoms with Crippen LogP contribution < -0.4 is 10.6 Å². The highest BCUT2D eigenvalue weighted by molar-refractivity contribution is 5.82. The van der Waals surface area contributed by atoms with Gasteiger partial charge < -0.3 is 15.7 Å². The number of rotatable bonds is 7. The van der Waals surface area contributed by atoms with Gasteiger partial charge in [-0.2, -0.15) is 0 Å². The van der Waals surface area contributed by atoms with E-state index in [0.717, 1.165) is 0 Å². The van der Waals surface area contributed by atoms with Crippen molar-refractivity contribution in [3.05, 3.63) is 0 Å². The summed E-state index contributed by atoms with van der Waals surface area (Å²) in [6, 6.07) is -0.390. The van der Waals surface area contributed by atoms with E-state index in [1.165, 1.54) is 0 Å². The summed E-state index contributed by atoms with van der Waals surface area (Å²) in [5.41, 5.74) is -0.486. The van der Waals surface area contributed by atoms with Crippen LogP contribution in [0.3, 0.4) is 0 Å². The number of carboxylic acid groups (broad SMARTS) is 1. The molecule has 20 heavy (non-hydrogen) atoms. The van der Waals surface area contributed by atoms with Crippen molar-refractivity contribution in [2.45, 2.75) is 53.5 Å². The van der Waals surface area contributed by atoms with Crippen LogP contribution in [0.2, 0.25) is 0 Å². The van der Waals surface area contributed by atoms with Crippen molar-refractivity contribution in [3.63, 3.8) is 0 Å². The molecule has 0 aromatic carbocycles. The first-order chi connectivity index (χ1) is 9.04. The van der Waals surface area contributed by atoms with Gasteiger partial charge in [0.05, 0.1) is 6.42 Å². The van der Waals surface area contributed by atoms with Crippen molar-refractivity contribution in [2.24, 2.45) is 11.3 Å². The molecular formula is C14H26N2O4. The highest BCUT2D eigenvalue weighted by Crippen LogP contribution is 2.12. The van der Waals surface area contributed by atoms with E-state index in [4.69, 9.17) is 5.11 Å². The van der Waals surface area contributed by atoms with Gasteiger partial charge in [0, 0.05) is 24.4 Å². The Balaban J connectivity index is 4.15. The molecule has 0 aromatic rings. The Kier molecular flexibility index (Phi) is 7.24. The van der Waals surface area contributed by atoms with Gasteiger partial charge in [-0.05, 0) is 5.92 Å². The lowest BCUT2D eigenvalue weighted by atomic mass is 9.96. The smallest absolute Gasteiger partial charge is 0.305 e. The fourth-order valence-electron chi connectivity index (χ4n) is 1.48. The number of carboxylic acids is 1. The first kappa shape index (κ1) is 18.4. The quantitative estimate of drug-likeness (QED) is 0.654. The van der Waals surface area contributed by atoms with Crippen molar-refractivity contribution >= 4 is 17.8 Å². The van der Waals surface area contributed by atoms with E-state index in [0.29, 0.717) is 0 Å². The van der Waals surface area contributed by atoms with Gasteiger partial charge in [0.1, 0.15) is 0 Å². The molecule has 2 amide bonds. The first-order valence-electron chi connectivity index (χ1n) is 6.83. The second kappa shape index (κ2) is 7.87. The van der Waals surface area contributed by atoms with Crippen molar-refractivity contribution in [2.75, 3.05) is 6.54 Å². The molecule has 0 bridgehead atoms. The van der Waals surface area contributed by atoms with Gasteiger partial charge in [-0.15, -0.1) is 0 Å². The molecule has 0 rings (SSSR count). The fourth-order valence-corrected chi connectivity index (χ4v) is 1.48. The third-order valence-corrected chi connectivity index (χ3v) is 2.86. The van der Waals surface area contributed by atoms with Gasteiger partial charge in [-0.3, -0.25) is 14.4 Å². The summed E-state index contributed by atoms with van der Waals surface area (Å²) in [6.07, 6.45) is 0.0441. The van der Waals surface area contributed by atoms with Crippen molar-refractivity contribution in [1.82, 2.24) is 10.6 Å². The van der Waals surface area contributed by atoms with Gasteiger partial charge in [0.25, 0.3) is 0 Å². The maximum absolute atomic E-state index is 11.7. The monoisotopic (exact) mass is 286 g/mol. The van der Waals surface area contributed by atoms with E-state index >= 15 is 0 Å². The molecule has 1 atom stereocenters. The van der Waals surface area contributed by atoms with Crippen molar-refractivity contribution < 1.29 is 19.5 Å². The first-order valence-corrected chi connectivity index (χ1v) is 6.83. The minimum absolute atomic E-state index is 0.0409. The SMILES string of the molecule is CC(C)C(CC(=O)O)NC(=O)CCNC(=O)C(C)(C)C. The molecule has 0 spiro atoms. The minimum atomic E-state index is -0.940. The lowest BCUT2D eigenvalue weighted by Crippen LogP contribution is -2.42. The van der Waals surface area contributed by atoms with Crippen molar-refractivity contribution in [3.8, 4) is 0 Å². The van der Waals surface area contributed by atoms with Gasteiger partial charge in [0.15, 0.2) is 0 Å². The molecule has 6 heteroatoms. The van der Waals surface area contributed by atoms with E-state index in [9.17, 15) is 14.4 Å². The Morgan fingerprint density at radius 3 is 2.10 bits per heavy atom. The second-order valence-electron chi connectivity index (χ2n) is 6.27. The Morgan fingerprint density at radius 1 is 1.15 bits per heavy atom. The molecule has 1 unspecified atom stereocenters. The van der Waals surface area contributed by atoms with Gasteiger partial charge >= 0.3 is 5.97 Å². The Morgan fingerprint density at radius 2 is 1.70 bits per heavy atom. The highest BCUT2D eigenvalue weighted by Gasteiger charge is 2.22. The summed E-state index contributed by atoms with van der Waals surface area (Å²) in [6.45, 7) is 9.35. The molecular weight excluding hydrogens is 260 g/mol. The largest absolute Gasteiger partial charge is 0.481 e. The molecule has 0 aromatic heterocycles. The number of carbonyl (C=O) groups is 3. The Bertz CT molecular complexity index is 359. The zero-order valence-corrected chi connectivity index (χ0v) is 12.9. The summed E-state index contributed by atoms with van der Waals surface area (Å²) < 4.78 is 0. The van der Waals surface area contributed by atoms with Crippen LogP contribution in [0.1, 0.15) is 47.5 Å². The lowest BCUT2D eigenvalue weighted by Gasteiger charge is -2.21. The van der Waals surface area contributed by atoms with E-state index in [-0.39, 0.29) is 37.1 Å². The highest BCUT2D eigenvalue weighted by atomic mass is 16.4. The van der Waals surface area contributed by atoms with E-state index < -0.39 is 17.4 Å². The zero-order valence-electron chi connectivity index (χ0n) is 12.9. The summed E-state index contributed by atoms with van der Waals surface area (Å²) in [5, 5.41) is 14.1. The van der Waals surface area contributed by atoms with Crippen LogP contribution in [0, 0.1) is 11.3 Å². The van der Waals surface area contributed by atoms with Crippen molar-refractivity contribution in [1.29, 1.82) is 0 Å². The second-order valence-corrected chi connectivity index (χ2v) is 6.27. The normalized spacial score (nSPS) is 12.9. The van der Waals surface area contributed by atoms with Crippen LogP contribution in [0.5, 0.6) is 0 Å². The van der Waals surface area contributed by atoms with Crippen LogP contribution in [0.15, 0.2) is 0 Å².